The standard InChI is InChI=1S/C9H10N4OS/c1-6-12-13-9(14-6)15-8-3-2-4-11-7(8)5-10/h2-4H,5,10H2,1H3. The van der Waals surface area contributed by atoms with Gasteiger partial charge in [0, 0.05) is 24.6 Å². The number of nitrogens with two attached hydrogens (primary N) is 1. The van der Waals surface area contributed by atoms with Crippen molar-refractivity contribution in [1.29, 1.82) is 0 Å². The first kappa shape index (κ1) is 10.1. The number of rotatable bonds is 3. The first-order valence-corrected chi connectivity index (χ1v) is 5.23. The third-order valence-electron chi connectivity index (χ3n) is 1.75. The summed E-state index contributed by atoms with van der Waals surface area (Å²) in [5.74, 6) is 0.552. The molecular weight excluding hydrogens is 212 g/mol. The zero-order valence-corrected chi connectivity index (χ0v) is 8.99. The molecule has 0 saturated carbocycles. The van der Waals surface area contributed by atoms with E-state index in [2.05, 4.69) is 15.2 Å². The van der Waals surface area contributed by atoms with E-state index in [1.165, 1.54) is 11.8 Å². The van der Waals surface area contributed by atoms with Crippen LogP contribution < -0.4 is 5.73 Å². The average molecular weight is 222 g/mol. The summed E-state index contributed by atoms with van der Waals surface area (Å²) in [5.41, 5.74) is 6.40. The van der Waals surface area contributed by atoms with Crippen molar-refractivity contribution in [2.24, 2.45) is 5.73 Å². The summed E-state index contributed by atoms with van der Waals surface area (Å²) >= 11 is 1.38. The Morgan fingerprint density at radius 3 is 3.00 bits per heavy atom. The highest BCUT2D eigenvalue weighted by Gasteiger charge is 2.08. The van der Waals surface area contributed by atoms with Crippen molar-refractivity contribution in [3.8, 4) is 0 Å². The Hall–Kier alpha value is -1.40. The van der Waals surface area contributed by atoms with Gasteiger partial charge >= 0.3 is 0 Å². The molecule has 0 radical (unpaired) electrons. The summed E-state index contributed by atoms with van der Waals surface area (Å²) in [4.78, 5) is 5.11. The molecule has 0 aliphatic carbocycles. The van der Waals surface area contributed by atoms with Crippen LogP contribution in [0.2, 0.25) is 0 Å². The van der Waals surface area contributed by atoms with Gasteiger partial charge in [-0.05, 0) is 23.9 Å². The molecule has 2 N–H and O–H groups in total. The van der Waals surface area contributed by atoms with E-state index in [4.69, 9.17) is 10.2 Å². The van der Waals surface area contributed by atoms with Crippen LogP contribution >= 0.6 is 11.8 Å². The average Bonchev–Trinajstić information content (AvgIpc) is 2.65. The highest BCUT2D eigenvalue weighted by molar-refractivity contribution is 7.99. The Balaban J connectivity index is 2.23. The topological polar surface area (TPSA) is 77.8 Å². The van der Waals surface area contributed by atoms with Crippen LogP contribution in [0.1, 0.15) is 11.6 Å². The van der Waals surface area contributed by atoms with Gasteiger partial charge < -0.3 is 10.2 Å². The van der Waals surface area contributed by atoms with Crippen molar-refractivity contribution < 1.29 is 4.42 Å². The number of nitrogens with zero attached hydrogens (tertiary/aromatic N) is 3. The number of hydrogen-bond acceptors (Lipinski definition) is 6. The molecule has 2 heterocycles. The van der Waals surface area contributed by atoms with Crippen LogP contribution in [0.5, 0.6) is 0 Å². The molecule has 0 atom stereocenters. The second-order valence-corrected chi connectivity index (χ2v) is 3.83. The first-order valence-electron chi connectivity index (χ1n) is 4.41. The van der Waals surface area contributed by atoms with E-state index in [0.29, 0.717) is 17.7 Å². The van der Waals surface area contributed by atoms with E-state index < -0.39 is 0 Å². The lowest BCUT2D eigenvalue weighted by molar-refractivity contribution is 0.429. The van der Waals surface area contributed by atoms with Crippen LogP contribution in [-0.4, -0.2) is 15.2 Å². The van der Waals surface area contributed by atoms with Crippen molar-refractivity contribution in [1.82, 2.24) is 15.2 Å². The second-order valence-electron chi connectivity index (χ2n) is 2.84. The van der Waals surface area contributed by atoms with Gasteiger partial charge in [0.2, 0.25) is 5.89 Å². The van der Waals surface area contributed by atoms with Crippen LogP contribution in [0.15, 0.2) is 32.9 Å². The molecule has 0 fully saturated rings. The summed E-state index contributed by atoms with van der Waals surface area (Å²) in [6, 6.07) is 3.78. The second kappa shape index (κ2) is 4.41. The Kier molecular flexibility index (Phi) is 2.98. The minimum atomic E-state index is 0.399. The Morgan fingerprint density at radius 1 is 1.47 bits per heavy atom. The summed E-state index contributed by atoms with van der Waals surface area (Å²) < 4.78 is 5.26. The minimum absolute atomic E-state index is 0.399. The molecule has 0 amide bonds. The maximum atomic E-state index is 5.57. The van der Waals surface area contributed by atoms with Crippen molar-refractivity contribution in [3.63, 3.8) is 0 Å². The van der Waals surface area contributed by atoms with Crippen molar-refractivity contribution in [3.05, 3.63) is 29.9 Å². The molecule has 5 nitrogen and oxygen atoms in total. The molecule has 78 valence electrons. The molecular formula is C9H10N4OS. The predicted molar refractivity (Wildman–Crippen MR) is 55.3 cm³/mol. The molecule has 15 heavy (non-hydrogen) atoms. The normalized spacial score (nSPS) is 10.5. The summed E-state index contributed by atoms with van der Waals surface area (Å²) in [5, 5.41) is 8.15. The Labute approximate surface area is 91.1 Å². The maximum absolute atomic E-state index is 5.57. The van der Waals surface area contributed by atoms with Gasteiger partial charge in [-0.15, -0.1) is 10.2 Å². The molecule has 0 aliphatic rings. The fraction of sp³-hybridized carbons (Fsp3) is 0.222. The van der Waals surface area contributed by atoms with Gasteiger partial charge in [0.25, 0.3) is 5.22 Å². The zero-order chi connectivity index (χ0) is 10.7. The highest BCUT2D eigenvalue weighted by atomic mass is 32.2. The largest absolute Gasteiger partial charge is 0.416 e. The molecule has 2 aromatic rings. The van der Waals surface area contributed by atoms with Gasteiger partial charge in [-0.25, -0.2) is 0 Å². The number of hydrogen-bond donors (Lipinski definition) is 1. The molecule has 0 aromatic carbocycles. The lowest BCUT2D eigenvalue weighted by atomic mass is 10.3. The van der Waals surface area contributed by atoms with E-state index in [1.807, 2.05) is 12.1 Å². The van der Waals surface area contributed by atoms with E-state index in [1.54, 1.807) is 13.1 Å². The zero-order valence-electron chi connectivity index (χ0n) is 8.17. The molecule has 0 aliphatic heterocycles. The number of aromatic nitrogens is 3. The molecule has 2 rings (SSSR count). The lowest BCUT2D eigenvalue weighted by Crippen LogP contribution is -2.00. The summed E-state index contributed by atoms with van der Waals surface area (Å²) in [7, 11) is 0. The minimum Gasteiger partial charge on any atom is -0.416 e. The van der Waals surface area contributed by atoms with Gasteiger partial charge in [-0.2, -0.15) is 0 Å². The third-order valence-corrected chi connectivity index (χ3v) is 2.68. The van der Waals surface area contributed by atoms with Crippen LogP contribution in [-0.2, 0) is 6.54 Å². The molecule has 6 heteroatoms. The monoisotopic (exact) mass is 222 g/mol. The summed E-state index contributed by atoms with van der Waals surface area (Å²) in [6.45, 7) is 2.15. The number of pyridine rings is 1. The van der Waals surface area contributed by atoms with Gasteiger partial charge in [0.1, 0.15) is 0 Å². The maximum Gasteiger partial charge on any atom is 0.281 e. The summed E-state index contributed by atoms with van der Waals surface area (Å²) in [6.07, 6.45) is 1.71. The lowest BCUT2D eigenvalue weighted by Gasteiger charge is -2.01. The molecule has 0 unspecified atom stereocenters. The predicted octanol–water partition coefficient (Wildman–Crippen LogP) is 1.38. The number of aryl methyl sites for hydroxylation is 1. The van der Waals surface area contributed by atoms with Crippen LogP contribution in [0, 0.1) is 6.92 Å². The third kappa shape index (κ3) is 2.34. The van der Waals surface area contributed by atoms with E-state index in [9.17, 15) is 0 Å². The Morgan fingerprint density at radius 2 is 2.33 bits per heavy atom. The van der Waals surface area contributed by atoms with Crippen LogP contribution in [0.3, 0.4) is 0 Å². The van der Waals surface area contributed by atoms with E-state index >= 15 is 0 Å². The van der Waals surface area contributed by atoms with Gasteiger partial charge in [0.15, 0.2) is 0 Å². The van der Waals surface area contributed by atoms with E-state index in [-0.39, 0.29) is 0 Å². The molecule has 2 aromatic heterocycles. The quantitative estimate of drug-likeness (QED) is 0.845. The smallest absolute Gasteiger partial charge is 0.281 e. The molecule has 0 bridgehead atoms. The highest BCUT2D eigenvalue weighted by Crippen LogP contribution is 2.27. The van der Waals surface area contributed by atoms with Crippen molar-refractivity contribution in [2.75, 3.05) is 0 Å². The van der Waals surface area contributed by atoms with Crippen LogP contribution in [0.25, 0.3) is 0 Å². The first-order chi connectivity index (χ1) is 7.29. The van der Waals surface area contributed by atoms with Crippen molar-refractivity contribution >= 4 is 11.8 Å². The van der Waals surface area contributed by atoms with Crippen LogP contribution in [0.4, 0.5) is 0 Å². The molecule has 0 spiro atoms. The van der Waals surface area contributed by atoms with Gasteiger partial charge in [-0.1, -0.05) is 0 Å². The van der Waals surface area contributed by atoms with Crippen molar-refractivity contribution in [2.45, 2.75) is 23.6 Å². The van der Waals surface area contributed by atoms with E-state index in [0.717, 1.165) is 10.6 Å². The van der Waals surface area contributed by atoms with Gasteiger partial charge in [-0.3, -0.25) is 4.98 Å². The Bertz CT molecular complexity index is 457. The van der Waals surface area contributed by atoms with Gasteiger partial charge in [0.05, 0.1) is 5.69 Å². The fourth-order valence-electron chi connectivity index (χ4n) is 1.08. The molecule has 0 saturated heterocycles. The SMILES string of the molecule is Cc1nnc(Sc2cccnc2CN)o1. The fourth-order valence-corrected chi connectivity index (χ4v) is 1.92.